The zero-order valence-corrected chi connectivity index (χ0v) is 10.7. The minimum atomic E-state index is -1.04. The average Bonchev–Trinajstić information content (AvgIpc) is 2.46. The lowest BCUT2D eigenvalue weighted by molar-refractivity contribution is 0.0690. The molecule has 0 aliphatic heterocycles. The van der Waals surface area contributed by atoms with Crippen LogP contribution in [0.4, 0.5) is 5.95 Å². The first kappa shape index (κ1) is 13.0. The summed E-state index contributed by atoms with van der Waals surface area (Å²) in [6, 6.07) is 11.3. The van der Waals surface area contributed by atoms with Crippen LogP contribution >= 0.6 is 0 Å². The van der Waals surface area contributed by atoms with Gasteiger partial charge in [-0.3, -0.25) is 0 Å². The van der Waals surface area contributed by atoms with E-state index in [4.69, 9.17) is 5.11 Å². The van der Waals surface area contributed by atoms with Crippen LogP contribution in [0.3, 0.4) is 0 Å². The molecule has 0 aliphatic carbocycles. The second kappa shape index (κ2) is 5.95. The molecule has 0 unspecified atom stereocenters. The molecule has 0 radical (unpaired) electrons. The molecule has 0 fully saturated rings. The standard InChI is InChI=1S/C14H15N3O2/c1-2-17(10-11-6-4-3-5-7-11)14-15-9-8-12(16-14)13(18)19/h3-9H,2,10H2,1H3,(H,18,19). The van der Waals surface area contributed by atoms with Gasteiger partial charge in [-0.15, -0.1) is 0 Å². The van der Waals surface area contributed by atoms with Gasteiger partial charge in [-0.1, -0.05) is 30.3 Å². The summed E-state index contributed by atoms with van der Waals surface area (Å²) in [4.78, 5) is 21.0. The highest BCUT2D eigenvalue weighted by atomic mass is 16.4. The second-order valence-electron chi connectivity index (χ2n) is 4.05. The fourth-order valence-electron chi connectivity index (χ4n) is 1.75. The number of hydrogen-bond acceptors (Lipinski definition) is 4. The van der Waals surface area contributed by atoms with Gasteiger partial charge in [0.05, 0.1) is 0 Å². The Bertz CT molecular complexity index is 558. The van der Waals surface area contributed by atoms with Gasteiger partial charge in [-0.25, -0.2) is 14.8 Å². The van der Waals surface area contributed by atoms with Gasteiger partial charge in [0.15, 0.2) is 5.69 Å². The van der Waals surface area contributed by atoms with E-state index < -0.39 is 5.97 Å². The summed E-state index contributed by atoms with van der Waals surface area (Å²) in [5, 5.41) is 8.94. The van der Waals surface area contributed by atoms with Crippen LogP contribution in [0.2, 0.25) is 0 Å². The number of rotatable bonds is 5. The number of hydrogen-bond donors (Lipinski definition) is 1. The molecule has 0 saturated heterocycles. The average molecular weight is 257 g/mol. The Labute approximate surface area is 111 Å². The Morgan fingerprint density at radius 1 is 1.26 bits per heavy atom. The van der Waals surface area contributed by atoms with E-state index in [0.29, 0.717) is 19.0 Å². The fraction of sp³-hybridized carbons (Fsp3) is 0.214. The van der Waals surface area contributed by atoms with Crippen LogP contribution in [0.25, 0.3) is 0 Å². The quantitative estimate of drug-likeness (QED) is 0.889. The number of aromatic nitrogens is 2. The van der Waals surface area contributed by atoms with Crippen molar-refractivity contribution in [3.63, 3.8) is 0 Å². The first-order valence-electron chi connectivity index (χ1n) is 6.06. The van der Waals surface area contributed by atoms with Crippen LogP contribution in [-0.2, 0) is 6.54 Å². The SMILES string of the molecule is CCN(Cc1ccccc1)c1nccc(C(=O)O)n1. The number of benzene rings is 1. The molecule has 0 atom stereocenters. The topological polar surface area (TPSA) is 66.3 Å². The molecule has 5 heteroatoms. The third-order valence-corrected chi connectivity index (χ3v) is 2.74. The summed E-state index contributed by atoms with van der Waals surface area (Å²) < 4.78 is 0. The highest BCUT2D eigenvalue weighted by molar-refractivity contribution is 5.85. The van der Waals surface area contributed by atoms with Crippen molar-refractivity contribution in [3.05, 3.63) is 53.9 Å². The van der Waals surface area contributed by atoms with Gasteiger partial charge < -0.3 is 10.0 Å². The van der Waals surface area contributed by atoms with E-state index >= 15 is 0 Å². The maximum Gasteiger partial charge on any atom is 0.354 e. The van der Waals surface area contributed by atoms with Crippen LogP contribution in [0.15, 0.2) is 42.6 Å². The lowest BCUT2D eigenvalue weighted by Crippen LogP contribution is -2.24. The smallest absolute Gasteiger partial charge is 0.354 e. The first-order valence-corrected chi connectivity index (χ1v) is 6.06. The van der Waals surface area contributed by atoms with E-state index in [2.05, 4.69) is 9.97 Å². The molecule has 2 rings (SSSR count). The molecule has 5 nitrogen and oxygen atoms in total. The van der Waals surface area contributed by atoms with Gasteiger partial charge in [0.2, 0.25) is 5.95 Å². The molecule has 98 valence electrons. The van der Waals surface area contributed by atoms with E-state index in [-0.39, 0.29) is 5.69 Å². The Kier molecular flexibility index (Phi) is 4.07. The van der Waals surface area contributed by atoms with Crippen molar-refractivity contribution < 1.29 is 9.90 Å². The van der Waals surface area contributed by atoms with E-state index in [1.165, 1.54) is 12.3 Å². The van der Waals surface area contributed by atoms with Crippen molar-refractivity contribution in [2.75, 3.05) is 11.4 Å². The summed E-state index contributed by atoms with van der Waals surface area (Å²) in [6.07, 6.45) is 1.47. The number of carboxylic acids is 1. The fourth-order valence-corrected chi connectivity index (χ4v) is 1.75. The Balaban J connectivity index is 2.22. The number of nitrogens with zero attached hydrogens (tertiary/aromatic N) is 3. The number of aromatic carboxylic acids is 1. The van der Waals surface area contributed by atoms with Crippen LogP contribution in [0, 0.1) is 0 Å². The Hall–Kier alpha value is -2.43. The van der Waals surface area contributed by atoms with Crippen molar-refractivity contribution in [1.29, 1.82) is 0 Å². The highest BCUT2D eigenvalue weighted by Gasteiger charge is 2.11. The summed E-state index contributed by atoms with van der Waals surface area (Å²) in [7, 11) is 0. The lowest BCUT2D eigenvalue weighted by Gasteiger charge is -2.20. The monoisotopic (exact) mass is 257 g/mol. The number of anilines is 1. The minimum Gasteiger partial charge on any atom is -0.477 e. The summed E-state index contributed by atoms with van der Waals surface area (Å²) in [5.74, 6) is -0.606. The Morgan fingerprint density at radius 3 is 2.63 bits per heavy atom. The predicted octanol–water partition coefficient (Wildman–Crippen LogP) is 2.20. The molecule has 0 spiro atoms. The Morgan fingerprint density at radius 2 is 2.00 bits per heavy atom. The van der Waals surface area contributed by atoms with Crippen molar-refractivity contribution in [2.24, 2.45) is 0 Å². The molecule has 0 aliphatic rings. The molecule has 1 N–H and O–H groups in total. The van der Waals surface area contributed by atoms with Gasteiger partial charge in [0.1, 0.15) is 0 Å². The van der Waals surface area contributed by atoms with Crippen LogP contribution in [-0.4, -0.2) is 27.6 Å². The first-order chi connectivity index (χ1) is 9.20. The molecule has 0 amide bonds. The molecule has 2 aromatic rings. The number of carbonyl (C=O) groups is 1. The van der Waals surface area contributed by atoms with Gasteiger partial charge >= 0.3 is 5.97 Å². The molecular formula is C14H15N3O2. The van der Waals surface area contributed by atoms with Crippen molar-refractivity contribution in [3.8, 4) is 0 Å². The van der Waals surface area contributed by atoms with Crippen LogP contribution in [0.1, 0.15) is 23.0 Å². The lowest BCUT2D eigenvalue weighted by atomic mass is 10.2. The maximum atomic E-state index is 10.9. The zero-order valence-electron chi connectivity index (χ0n) is 10.7. The van der Waals surface area contributed by atoms with E-state index in [1.807, 2.05) is 42.2 Å². The van der Waals surface area contributed by atoms with E-state index in [0.717, 1.165) is 5.56 Å². The molecule has 0 bridgehead atoms. The van der Waals surface area contributed by atoms with Crippen molar-refractivity contribution in [1.82, 2.24) is 9.97 Å². The molecule has 1 aromatic carbocycles. The maximum absolute atomic E-state index is 10.9. The van der Waals surface area contributed by atoms with Gasteiger partial charge in [0, 0.05) is 19.3 Å². The number of carboxylic acid groups (broad SMARTS) is 1. The predicted molar refractivity (Wildman–Crippen MR) is 72.2 cm³/mol. The summed E-state index contributed by atoms with van der Waals surface area (Å²) >= 11 is 0. The third kappa shape index (κ3) is 3.28. The summed E-state index contributed by atoms with van der Waals surface area (Å²) in [6.45, 7) is 3.35. The summed E-state index contributed by atoms with van der Waals surface area (Å²) in [5.41, 5.74) is 1.14. The van der Waals surface area contributed by atoms with E-state index in [1.54, 1.807) is 0 Å². The molecule has 1 aromatic heterocycles. The van der Waals surface area contributed by atoms with Gasteiger partial charge in [-0.2, -0.15) is 0 Å². The van der Waals surface area contributed by atoms with Gasteiger partial charge in [-0.05, 0) is 18.6 Å². The van der Waals surface area contributed by atoms with Crippen molar-refractivity contribution in [2.45, 2.75) is 13.5 Å². The molecule has 19 heavy (non-hydrogen) atoms. The molecular weight excluding hydrogens is 242 g/mol. The van der Waals surface area contributed by atoms with Crippen molar-refractivity contribution >= 4 is 11.9 Å². The largest absolute Gasteiger partial charge is 0.477 e. The zero-order chi connectivity index (χ0) is 13.7. The third-order valence-electron chi connectivity index (χ3n) is 2.74. The van der Waals surface area contributed by atoms with E-state index in [9.17, 15) is 4.79 Å². The molecule has 0 saturated carbocycles. The molecule has 1 heterocycles. The van der Waals surface area contributed by atoms with Crippen LogP contribution in [0.5, 0.6) is 0 Å². The minimum absolute atomic E-state index is 0.0107. The second-order valence-corrected chi connectivity index (χ2v) is 4.05. The van der Waals surface area contributed by atoms with Gasteiger partial charge in [0.25, 0.3) is 0 Å². The van der Waals surface area contributed by atoms with Crippen LogP contribution < -0.4 is 4.90 Å². The highest BCUT2D eigenvalue weighted by Crippen LogP contribution is 2.12. The normalized spacial score (nSPS) is 10.2.